The Morgan fingerprint density at radius 2 is 1.97 bits per heavy atom. The molecule has 1 unspecified atom stereocenters. The number of carbonyl (C=O) groups is 1. The second-order valence-electron chi connectivity index (χ2n) is 7.40. The third kappa shape index (κ3) is 3.07. The summed E-state index contributed by atoms with van der Waals surface area (Å²) in [6, 6.07) is 7.40. The summed E-state index contributed by atoms with van der Waals surface area (Å²) >= 11 is 6.89. The number of aromatic nitrogens is 3. The molecule has 29 heavy (non-hydrogen) atoms. The number of primary amides is 1. The summed E-state index contributed by atoms with van der Waals surface area (Å²) in [5.74, 6) is -0.305. The Bertz CT molecular complexity index is 1120. The Morgan fingerprint density at radius 3 is 2.69 bits per heavy atom. The van der Waals surface area contributed by atoms with Gasteiger partial charge in [-0.1, -0.05) is 23.7 Å². The molecule has 8 heteroatoms. The lowest BCUT2D eigenvalue weighted by Crippen LogP contribution is -2.34. The van der Waals surface area contributed by atoms with E-state index in [-0.39, 0.29) is 11.9 Å². The number of nitrogens with zero attached hydrogens (tertiary/aromatic N) is 4. The molecule has 1 atom stereocenters. The average Bonchev–Trinajstić information content (AvgIpc) is 3.02. The second-order valence-corrected chi connectivity index (χ2v) is 7.78. The lowest BCUT2D eigenvalue weighted by atomic mass is 9.95. The second kappa shape index (κ2) is 7.17. The number of nitrogens with two attached hydrogens (primary N) is 2. The van der Waals surface area contributed by atoms with Crippen LogP contribution in [0, 0.1) is 6.92 Å². The summed E-state index contributed by atoms with van der Waals surface area (Å²) in [5.41, 5.74) is 17.6. The third-order valence-electron chi connectivity index (χ3n) is 5.71. The highest BCUT2D eigenvalue weighted by molar-refractivity contribution is 6.34. The van der Waals surface area contributed by atoms with Gasteiger partial charge in [0.2, 0.25) is 0 Å². The maximum Gasteiger partial charge on any atom is 0.284 e. The molecule has 3 aromatic rings. The van der Waals surface area contributed by atoms with Gasteiger partial charge in [-0.25, -0.2) is 4.98 Å². The van der Waals surface area contributed by atoms with Crippen LogP contribution in [0.5, 0.6) is 0 Å². The lowest BCUT2D eigenvalue weighted by Gasteiger charge is -2.32. The van der Waals surface area contributed by atoms with Crippen LogP contribution in [0.25, 0.3) is 11.1 Å². The molecule has 1 aliphatic rings. The van der Waals surface area contributed by atoms with Gasteiger partial charge in [-0.15, -0.1) is 0 Å². The number of imidazole rings is 1. The highest BCUT2D eigenvalue weighted by Crippen LogP contribution is 2.40. The predicted molar refractivity (Wildman–Crippen MR) is 114 cm³/mol. The minimum Gasteiger partial charge on any atom is -0.398 e. The number of anilines is 1. The predicted octanol–water partition coefficient (Wildman–Crippen LogP) is 2.70. The van der Waals surface area contributed by atoms with Crippen molar-refractivity contribution in [1.82, 2.24) is 19.4 Å². The van der Waals surface area contributed by atoms with Crippen LogP contribution in [0.3, 0.4) is 0 Å². The van der Waals surface area contributed by atoms with Gasteiger partial charge in [-0.3, -0.25) is 14.7 Å². The molecule has 0 fully saturated rings. The number of rotatable bonds is 3. The first kappa shape index (κ1) is 19.4. The van der Waals surface area contributed by atoms with Crippen molar-refractivity contribution in [3.05, 3.63) is 64.0 Å². The quantitative estimate of drug-likeness (QED) is 0.646. The van der Waals surface area contributed by atoms with Crippen LogP contribution in [0.2, 0.25) is 5.02 Å². The number of hydrogen-bond acceptors (Lipinski definition) is 5. The average molecular weight is 411 g/mol. The summed E-state index contributed by atoms with van der Waals surface area (Å²) in [6.45, 7) is 2.76. The van der Waals surface area contributed by atoms with E-state index in [0.29, 0.717) is 16.4 Å². The smallest absolute Gasteiger partial charge is 0.284 e. The van der Waals surface area contributed by atoms with Gasteiger partial charge in [0, 0.05) is 43.2 Å². The maximum absolute atomic E-state index is 11.8. The molecule has 4 N–H and O–H groups in total. The molecule has 2 aromatic heterocycles. The number of likely N-dealkylation sites (N-methyl/N-ethyl adjacent to an activating group) is 1. The lowest BCUT2D eigenvalue weighted by molar-refractivity contribution is 0.0987. The fraction of sp³-hybridized carbons (Fsp3) is 0.286. The SMILES string of the molecule is Cc1c(N)cccc1-c1ccnc(C2c3nc(C(N)=O)n(C)c3CCN2C)c1Cl. The van der Waals surface area contributed by atoms with Crippen LogP contribution in [0.15, 0.2) is 30.5 Å². The standard InChI is InChI=1S/C21H23ClN6O/c1-11-12(5-4-6-14(11)23)13-7-9-25-18(16(13)22)19-17-15(8-10-27(19)2)28(3)21(26-17)20(24)29/h4-7,9,19H,8,10,23H2,1-3H3,(H2,24,29). The van der Waals surface area contributed by atoms with Crippen molar-refractivity contribution in [1.29, 1.82) is 0 Å². The highest BCUT2D eigenvalue weighted by atomic mass is 35.5. The van der Waals surface area contributed by atoms with Gasteiger partial charge in [0.25, 0.3) is 5.91 Å². The van der Waals surface area contributed by atoms with E-state index in [1.54, 1.807) is 10.8 Å². The van der Waals surface area contributed by atoms with Crippen LogP contribution in [-0.4, -0.2) is 38.9 Å². The number of pyridine rings is 1. The fourth-order valence-corrected chi connectivity index (χ4v) is 4.37. The van der Waals surface area contributed by atoms with E-state index in [1.807, 2.05) is 45.3 Å². The van der Waals surface area contributed by atoms with Crippen molar-refractivity contribution in [3.63, 3.8) is 0 Å². The number of halogens is 1. The van der Waals surface area contributed by atoms with E-state index in [9.17, 15) is 4.79 Å². The molecule has 0 bridgehead atoms. The Hall–Kier alpha value is -2.90. The first-order valence-corrected chi connectivity index (χ1v) is 9.74. The van der Waals surface area contributed by atoms with Gasteiger partial charge in [0.05, 0.1) is 22.5 Å². The van der Waals surface area contributed by atoms with Gasteiger partial charge < -0.3 is 16.0 Å². The number of hydrogen-bond donors (Lipinski definition) is 2. The molecule has 0 saturated heterocycles. The Labute approximate surface area is 174 Å². The van der Waals surface area contributed by atoms with E-state index in [2.05, 4.69) is 14.9 Å². The monoisotopic (exact) mass is 410 g/mol. The van der Waals surface area contributed by atoms with Crippen molar-refractivity contribution in [2.45, 2.75) is 19.4 Å². The molecule has 0 radical (unpaired) electrons. The van der Waals surface area contributed by atoms with Crippen LogP contribution >= 0.6 is 11.6 Å². The van der Waals surface area contributed by atoms with Crippen molar-refractivity contribution in [2.24, 2.45) is 12.8 Å². The number of amides is 1. The summed E-state index contributed by atoms with van der Waals surface area (Å²) in [4.78, 5) is 23.1. The van der Waals surface area contributed by atoms with Crippen LogP contribution in [-0.2, 0) is 13.5 Å². The summed E-state index contributed by atoms with van der Waals surface area (Å²) in [5, 5.41) is 0.553. The molecule has 1 amide bonds. The number of nitrogen functional groups attached to an aromatic ring is 1. The van der Waals surface area contributed by atoms with E-state index < -0.39 is 5.91 Å². The highest BCUT2D eigenvalue weighted by Gasteiger charge is 2.35. The fourth-order valence-electron chi connectivity index (χ4n) is 4.05. The minimum absolute atomic E-state index is 0.245. The zero-order valence-corrected chi connectivity index (χ0v) is 17.4. The van der Waals surface area contributed by atoms with Crippen LogP contribution in [0.1, 0.15) is 39.3 Å². The molecule has 0 saturated carbocycles. The molecular formula is C21H23ClN6O. The number of benzene rings is 1. The van der Waals surface area contributed by atoms with Gasteiger partial charge in [-0.05, 0) is 37.2 Å². The van der Waals surface area contributed by atoms with E-state index in [4.69, 9.17) is 23.1 Å². The molecule has 1 aliphatic heterocycles. The van der Waals surface area contributed by atoms with Crippen molar-refractivity contribution in [2.75, 3.05) is 19.3 Å². The van der Waals surface area contributed by atoms with E-state index >= 15 is 0 Å². The van der Waals surface area contributed by atoms with Crippen LogP contribution < -0.4 is 11.5 Å². The largest absolute Gasteiger partial charge is 0.398 e. The van der Waals surface area contributed by atoms with Crippen molar-refractivity contribution >= 4 is 23.2 Å². The third-order valence-corrected chi connectivity index (χ3v) is 6.10. The zero-order chi connectivity index (χ0) is 20.9. The van der Waals surface area contributed by atoms with Gasteiger partial charge in [0.1, 0.15) is 0 Å². The first-order valence-electron chi connectivity index (χ1n) is 9.36. The molecule has 4 rings (SSSR count). The van der Waals surface area contributed by atoms with E-state index in [0.717, 1.165) is 41.0 Å². The Kier molecular flexibility index (Phi) is 4.80. The molecule has 0 spiro atoms. The zero-order valence-electron chi connectivity index (χ0n) is 16.6. The molecule has 1 aromatic carbocycles. The van der Waals surface area contributed by atoms with Crippen molar-refractivity contribution < 1.29 is 4.79 Å². The number of fused-ring (bicyclic) bond motifs is 1. The van der Waals surface area contributed by atoms with Crippen molar-refractivity contribution in [3.8, 4) is 11.1 Å². The summed E-state index contributed by atoms with van der Waals surface area (Å²) in [6.07, 6.45) is 2.52. The number of carbonyl (C=O) groups excluding carboxylic acids is 1. The van der Waals surface area contributed by atoms with Gasteiger partial charge >= 0.3 is 0 Å². The van der Waals surface area contributed by atoms with Gasteiger partial charge in [0.15, 0.2) is 5.82 Å². The van der Waals surface area contributed by atoms with E-state index in [1.165, 1.54) is 0 Å². The molecular weight excluding hydrogens is 388 g/mol. The maximum atomic E-state index is 11.8. The topological polar surface area (TPSA) is 103 Å². The molecule has 3 heterocycles. The summed E-state index contributed by atoms with van der Waals surface area (Å²) < 4.78 is 1.78. The molecule has 150 valence electrons. The molecule has 7 nitrogen and oxygen atoms in total. The Morgan fingerprint density at radius 1 is 1.21 bits per heavy atom. The minimum atomic E-state index is -0.550. The Balaban J connectivity index is 1.90. The molecule has 0 aliphatic carbocycles. The van der Waals surface area contributed by atoms with Gasteiger partial charge in [-0.2, -0.15) is 0 Å². The normalized spacial score (nSPS) is 16.6. The van der Waals surface area contributed by atoms with Crippen LogP contribution in [0.4, 0.5) is 5.69 Å². The summed E-state index contributed by atoms with van der Waals surface area (Å²) in [7, 11) is 3.82. The first-order chi connectivity index (χ1) is 13.8.